The number of rotatable bonds is 9. The zero-order valence-corrected chi connectivity index (χ0v) is 17.9. The third kappa shape index (κ3) is 7.68. The van der Waals surface area contributed by atoms with Crippen LogP contribution < -0.4 is 9.47 Å². The third-order valence-electron chi connectivity index (χ3n) is 4.04. The molecule has 2 aromatic rings. The van der Waals surface area contributed by atoms with Gasteiger partial charge in [-0.05, 0) is 49.8 Å². The standard InChI is InChI=1S/C25H23FO6/c1-16(2)24(28)30-14-13-18-5-9-20(10-6-18)31-23(27)12-8-19-7-11-21(15-22(19)26)32-25(29)17(3)4/h5-12,15H,1,3,13-14H2,2,4H3/b12-8+. The predicted molar refractivity (Wildman–Crippen MR) is 117 cm³/mol. The smallest absolute Gasteiger partial charge is 0.338 e. The Kier molecular flexibility index (Phi) is 8.65. The molecule has 2 aromatic carbocycles. The lowest BCUT2D eigenvalue weighted by Crippen LogP contribution is -2.08. The van der Waals surface area contributed by atoms with Crippen molar-refractivity contribution in [3.8, 4) is 11.5 Å². The van der Waals surface area contributed by atoms with Gasteiger partial charge >= 0.3 is 17.9 Å². The van der Waals surface area contributed by atoms with Crippen LogP contribution in [0.15, 0.2) is 72.8 Å². The SMILES string of the molecule is C=C(C)C(=O)OCCc1ccc(OC(=O)/C=C/c2ccc(OC(=O)C(=C)C)cc2F)cc1. The van der Waals surface area contributed by atoms with Gasteiger partial charge in [0.25, 0.3) is 0 Å². The fraction of sp³-hybridized carbons (Fsp3) is 0.160. The number of benzene rings is 2. The van der Waals surface area contributed by atoms with Crippen molar-refractivity contribution in [3.05, 3.63) is 89.8 Å². The fourth-order valence-corrected chi connectivity index (χ4v) is 2.32. The minimum atomic E-state index is -0.690. The fourth-order valence-electron chi connectivity index (χ4n) is 2.32. The third-order valence-corrected chi connectivity index (χ3v) is 4.04. The Labute approximate surface area is 185 Å². The highest BCUT2D eigenvalue weighted by Gasteiger charge is 2.09. The summed E-state index contributed by atoms with van der Waals surface area (Å²) in [5, 5.41) is 0. The second-order valence-electron chi connectivity index (χ2n) is 6.92. The second-order valence-corrected chi connectivity index (χ2v) is 6.92. The average Bonchev–Trinajstić information content (AvgIpc) is 2.74. The Morgan fingerprint density at radius 2 is 1.53 bits per heavy atom. The van der Waals surface area contributed by atoms with Gasteiger partial charge in [-0.25, -0.2) is 18.8 Å². The molecule has 0 spiro atoms. The number of hydrogen-bond donors (Lipinski definition) is 0. The van der Waals surface area contributed by atoms with E-state index in [1.165, 1.54) is 25.1 Å². The molecule has 0 aliphatic rings. The van der Waals surface area contributed by atoms with Crippen molar-refractivity contribution in [2.75, 3.05) is 6.61 Å². The topological polar surface area (TPSA) is 78.9 Å². The highest BCUT2D eigenvalue weighted by Crippen LogP contribution is 2.19. The van der Waals surface area contributed by atoms with Gasteiger partial charge in [0.15, 0.2) is 0 Å². The zero-order chi connectivity index (χ0) is 23.7. The van der Waals surface area contributed by atoms with E-state index in [0.717, 1.165) is 17.7 Å². The maximum Gasteiger partial charge on any atom is 0.338 e. The van der Waals surface area contributed by atoms with Crippen molar-refractivity contribution in [1.29, 1.82) is 0 Å². The van der Waals surface area contributed by atoms with E-state index in [0.29, 0.717) is 17.7 Å². The molecule has 2 rings (SSSR count). The first-order valence-corrected chi connectivity index (χ1v) is 9.64. The Bertz CT molecular complexity index is 1070. The van der Waals surface area contributed by atoms with E-state index >= 15 is 0 Å². The highest BCUT2D eigenvalue weighted by atomic mass is 19.1. The highest BCUT2D eigenvalue weighted by molar-refractivity contribution is 5.89. The van der Waals surface area contributed by atoms with Gasteiger partial charge in [0, 0.05) is 35.3 Å². The van der Waals surface area contributed by atoms with Gasteiger partial charge < -0.3 is 14.2 Å². The Hall–Kier alpha value is -4.00. The summed E-state index contributed by atoms with van der Waals surface area (Å²) in [5.41, 5.74) is 1.54. The number of hydrogen-bond acceptors (Lipinski definition) is 6. The molecule has 0 atom stereocenters. The van der Waals surface area contributed by atoms with Crippen molar-refractivity contribution in [2.24, 2.45) is 0 Å². The van der Waals surface area contributed by atoms with Crippen molar-refractivity contribution in [2.45, 2.75) is 20.3 Å². The van der Waals surface area contributed by atoms with Crippen LogP contribution in [-0.2, 0) is 25.5 Å². The molecule has 0 radical (unpaired) electrons. The van der Waals surface area contributed by atoms with Crippen LogP contribution >= 0.6 is 0 Å². The average molecular weight is 438 g/mol. The summed E-state index contributed by atoms with van der Waals surface area (Å²) in [4.78, 5) is 34.8. The van der Waals surface area contributed by atoms with Crippen molar-refractivity contribution >= 4 is 24.0 Å². The van der Waals surface area contributed by atoms with Gasteiger partial charge in [-0.2, -0.15) is 0 Å². The molecule has 0 unspecified atom stereocenters. The van der Waals surface area contributed by atoms with E-state index in [2.05, 4.69) is 13.2 Å². The summed E-state index contributed by atoms with van der Waals surface area (Å²) in [6, 6.07) is 10.5. The van der Waals surface area contributed by atoms with E-state index in [-0.39, 0.29) is 23.5 Å². The lowest BCUT2D eigenvalue weighted by atomic mass is 10.1. The summed E-state index contributed by atoms with van der Waals surface area (Å²) in [5.74, 6) is -2.12. The van der Waals surface area contributed by atoms with Crippen molar-refractivity contribution in [1.82, 2.24) is 0 Å². The molecule has 0 heterocycles. The molecule has 0 amide bonds. The second kappa shape index (κ2) is 11.4. The van der Waals surface area contributed by atoms with Crippen molar-refractivity contribution < 1.29 is 33.0 Å². The van der Waals surface area contributed by atoms with Crippen LogP contribution in [0.4, 0.5) is 4.39 Å². The van der Waals surface area contributed by atoms with E-state index in [4.69, 9.17) is 14.2 Å². The molecule has 0 aromatic heterocycles. The minimum Gasteiger partial charge on any atom is -0.462 e. The number of carbonyl (C=O) groups is 3. The molecule has 32 heavy (non-hydrogen) atoms. The summed E-state index contributed by atoms with van der Waals surface area (Å²) >= 11 is 0. The van der Waals surface area contributed by atoms with Gasteiger partial charge in [0.2, 0.25) is 0 Å². The summed E-state index contributed by atoms with van der Waals surface area (Å²) in [6.07, 6.45) is 2.85. The van der Waals surface area contributed by atoms with Gasteiger partial charge in [-0.3, -0.25) is 0 Å². The Morgan fingerprint density at radius 3 is 2.12 bits per heavy atom. The van der Waals surface area contributed by atoms with Crippen LogP contribution in [0.5, 0.6) is 11.5 Å². The summed E-state index contributed by atoms with van der Waals surface area (Å²) in [6.45, 7) is 10.2. The summed E-state index contributed by atoms with van der Waals surface area (Å²) in [7, 11) is 0. The van der Waals surface area contributed by atoms with E-state index in [1.54, 1.807) is 31.2 Å². The van der Waals surface area contributed by atoms with Crippen LogP contribution in [-0.4, -0.2) is 24.5 Å². The van der Waals surface area contributed by atoms with Crippen LogP contribution in [0, 0.1) is 5.82 Å². The van der Waals surface area contributed by atoms with Crippen LogP contribution in [0.2, 0.25) is 0 Å². The largest absolute Gasteiger partial charge is 0.462 e. The van der Waals surface area contributed by atoms with E-state index in [9.17, 15) is 18.8 Å². The van der Waals surface area contributed by atoms with Crippen LogP contribution in [0.1, 0.15) is 25.0 Å². The molecular weight excluding hydrogens is 415 g/mol. The number of esters is 3. The van der Waals surface area contributed by atoms with E-state index in [1.807, 2.05) is 0 Å². The number of halogens is 1. The molecule has 166 valence electrons. The summed E-state index contributed by atoms with van der Waals surface area (Å²) < 4.78 is 29.3. The molecule has 0 aliphatic carbocycles. The molecule has 0 bridgehead atoms. The molecule has 0 saturated heterocycles. The number of carbonyl (C=O) groups excluding carboxylic acids is 3. The monoisotopic (exact) mass is 438 g/mol. The molecule has 0 N–H and O–H groups in total. The Balaban J connectivity index is 1.89. The van der Waals surface area contributed by atoms with E-state index < -0.39 is 23.7 Å². The Morgan fingerprint density at radius 1 is 0.906 bits per heavy atom. The van der Waals surface area contributed by atoms with Gasteiger partial charge in [0.1, 0.15) is 17.3 Å². The van der Waals surface area contributed by atoms with Gasteiger partial charge in [0.05, 0.1) is 6.61 Å². The molecule has 7 heteroatoms. The zero-order valence-electron chi connectivity index (χ0n) is 17.9. The minimum absolute atomic E-state index is 0.0321. The molecule has 0 fully saturated rings. The molecule has 6 nitrogen and oxygen atoms in total. The van der Waals surface area contributed by atoms with Crippen LogP contribution in [0.25, 0.3) is 6.08 Å². The molecule has 0 aliphatic heterocycles. The van der Waals surface area contributed by atoms with Crippen LogP contribution in [0.3, 0.4) is 0 Å². The molecular formula is C25H23FO6. The van der Waals surface area contributed by atoms with Gasteiger partial charge in [-0.15, -0.1) is 0 Å². The number of ether oxygens (including phenoxy) is 3. The lowest BCUT2D eigenvalue weighted by Gasteiger charge is -2.06. The van der Waals surface area contributed by atoms with Gasteiger partial charge in [-0.1, -0.05) is 25.3 Å². The predicted octanol–water partition coefficient (Wildman–Crippen LogP) is 4.59. The normalized spacial score (nSPS) is 10.5. The first kappa shape index (κ1) is 24.3. The molecule has 0 saturated carbocycles. The first-order valence-electron chi connectivity index (χ1n) is 9.64. The van der Waals surface area contributed by atoms with Crippen molar-refractivity contribution in [3.63, 3.8) is 0 Å². The quantitative estimate of drug-likeness (QED) is 0.324. The maximum absolute atomic E-state index is 14.2. The first-order chi connectivity index (χ1) is 15.2. The lowest BCUT2D eigenvalue weighted by molar-refractivity contribution is -0.139. The maximum atomic E-state index is 14.2.